The molecule has 6 heteroatoms. The summed E-state index contributed by atoms with van der Waals surface area (Å²) in [6, 6.07) is 6.31. The van der Waals surface area contributed by atoms with Gasteiger partial charge in [-0.25, -0.2) is 4.98 Å². The number of likely N-dealkylation sites (tertiary alicyclic amines) is 1. The standard InChI is InChI=1S/C15H17BrClN3O/c1-9(17)15-18-12-7-10(16)3-5-13(12)20(15)11-4-6-14(21)19(2)8-11/h3,5,7,9,11H,4,6,8H2,1-2H3. The van der Waals surface area contributed by atoms with Crippen LogP contribution >= 0.6 is 27.5 Å². The maximum absolute atomic E-state index is 11.7. The van der Waals surface area contributed by atoms with Crippen LogP contribution in [0.2, 0.25) is 0 Å². The molecular formula is C15H17BrClN3O. The number of carbonyl (C=O) groups excluding carboxylic acids is 1. The van der Waals surface area contributed by atoms with Gasteiger partial charge in [-0.3, -0.25) is 4.79 Å². The Kier molecular flexibility index (Phi) is 3.97. The summed E-state index contributed by atoms with van der Waals surface area (Å²) in [5.74, 6) is 1.08. The summed E-state index contributed by atoms with van der Waals surface area (Å²) in [6.45, 7) is 2.64. The van der Waals surface area contributed by atoms with E-state index >= 15 is 0 Å². The number of aromatic nitrogens is 2. The Hall–Kier alpha value is -1.07. The van der Waals surface area contributed by atoms with Gasteiger partial charge >= 0.3 is 0 Å². The van der Waals surface area contributed by atoms with E-state index in [4.69, 9.17) is 11.6 Å². The summed E-state index contributed by atoms with van der Waals surface area (Å²) in [5, 5.41) is -0.167. The first-order valence-electron chi connectivity index (χ1n) is 7.03. The van der Waals surface area contributed by atoms with Gasteiger partial charge in [0, 0.05) is 24.5 Å². The number of piperidine rings is 1. The van der Waals surface area contributed by atoms with Gasteiger partial charge in [0.25, 0.3) is 0 Å². The zero-order valence-corrected chi connectivity index (χ0v) is 14.4. The van der Waals surface area contributed by atoms with E-state index in [0.717, 1.165) is 27.8 Å². The highest BCUT2D eigenvalue weighted by Gasteiger charge is 2.28. The van der Waals surface area contributed by atoms with Gasteiger partial charge in [0.15, 0.2) is 0 Å². The Labute approximate surface area is 137 Å². The Bertz CT molecular complexity index is 698. The lowest BCUT2D eigenvalue weighted by Gasteiger charge is -2.32. The summed E-state index contributed by atoms with van der Waals surface area (Å²) in [7, 11) is 1.86. The molecule has 1 amide bonds. The van der Waals surface area contributed by atoms with E-state index in [1.54, 1.807) is 4.90 Å². The molecule has 0 bridgehead atoms. The third-order valence-electron chi connectivity index (χ3n) is 4.00. The van der Waals surface area contributed by atoms with Gasteiger partial charge in [-0.2, -0.15) is 0 Å². The molecule has 2 heterocycles. The van der Waals surface area contributed by atoms with Crippen LogP contribution in [0, 0.1) is 0 Å². The number of amides is 1. The van der Waals surface area contributed by atoms with Crippen LogP contribution in [0.25, 0.3) is 11.0 Å². The quantitative estimate of drug-likeness (QED) is 0.752. The summed E-state index contributed by atoms with van der Waals surface area (Å²) < 4.78 is 3.21. The molecule has 2 atom stereocenters. The Balaban J connectivity index is 2.11. The van der Waals surface area contributed by atoms with Crippen LogP contribution in [0.1, 0.15) is 37.0 Å². The van der Waals surface area contributed by atoms with Crippen LogP contribution in [0.4, 0.5) is 0 Å². The highest BCUT2D eigenvalue weighted by atomic mass is 79.9. The molecule has 2 unspecified atom stereocenters. The molecule has 0 aliphatic carbocycles. The maximum atomic E-state index is 11.7. The van der Waals surface area contributed by atoms with Crippen LogP contribution in [0.15, 0.2) is 22.7 Å². The molecule has 1 aliphatic heterocycles. The molecule has 1 saturated heterocycles. The number of likely N-dealkylation sites (N-methyl/N-ethyl adjacent to an activating group) is 1. The molecule has 1 aromatic heterocycles. The van der Waals surface area contributed by atoms with Crippen molar-refractivity contribution in [3.05, 3.63) is 28.5 Å². The minimum absolute atomic E-state index is 0.167. The molecule has 0 radical (unpaired) electrons. The van der Waals surface area contributed by atoms with Crippen molar-refractivity contribution in [2.24, 2.45) is 0 Å². The first-order valence-corrected chi connectivity index (χ1v) is 8.25. The largest absolute Gasteiger partial charge is 0.344 e. The van der Waals surface area contributed by atoms with Crippen LogP contribution in [-0.4, -0.2) is 34.0 Å². The van der Waals surface area contributed by atoms with Gasteiger partial charge in [0.1, 0.15) is 5.82 Å². The van der Waals surface area contributed by atoms with E-state index in [-0.39, 0.29) is 17.3 Å². The summed E-state index contributed by atoms with van der Waals surface area (Å²) >= 11 is 9.81. The predicted molar refractivity (Wildman–Crippen MR) is 87.6 cm³/mol. The number of hydrogen-bond donors (Lipinski definition) is 0. The van der Waals surface area contributed by atoms with Gasteiger partial charge in [-0.1, -0.05) is 15.9 Å². The van der Waals surface area contributed by atoms with Crippen molar-refractivity contribution in [3.63, 3.8) is 0 Å². The molecule has 1 fully saturated rings. The molecule has 0 N–H and O–H groups in total. The van der Waals surface area contributed by atoms with E-state index in [1.807, 2.05) is 26.1 Å². The zero-order valence-electron chi connectivity index (χ0n) is 12.0. The van der Waals surface area contributed by atoms with E-state index in [2.05, 4.69) is 31.5 Å². The Morgan fingerprint density at radius 1 is 1.48 bits per heavy atom. The molecule has 1 aromatic carbocycles. The highest BCUT2D eigenvalue weighted by molar-refractivity contribution is 9.10. The summed E-state index contributed by atoms with van der Waals surface area (Å²) in [5.41, 5.74) is 2.01. The number of nitrogens with zero attached hydrogens (tertiary/aromatic N) is 3. The van der Waals surface area contributed by atoms with E-state index < -0.39 is 0 Å². The molecule has 0 spiro atoms. The van der Waals surface area contributed by atoms with Crippen LogP contribution in [0.3, 0.4) is 0 Å². The fraction of sp³-hybridized carbons (Fsp3) is 0.467. The fourth-order valence-corrected chi connectivity index (χ4v) is 3.46. The fourth-order valence-electron chi connectivity index (χ4n) is 2.96. The van der Waals surface area contributed by atoms with Gasteiger partial charge in [-0.05, 0) is 31.5 Å². The molecule has 1 aliphatic rings. The molecular weight excluding hydrogens is 354 g/mol. The molecule has 4 nitrogen and oxygen atoms in total. The second kappa shape index (κ2) is 5.61. The van der Waals surface area contributed by atoms with Crippen molar-refractivity contribution < 1.29 is 4.79 Å². The van der Waals surface area contributed by atoms with Gasteiger partial charge in [-0.15, -0.1) is 11.6 Å². The zero-order chi connectivity index (χ0) is 15.1. The van der Waals surface area contributed by atoms with E-state index in [1.165, 1.54) is 0 Å². The van der Waals surface area contributed by atoms with Gasteiger partial charge in [0.05, 0.1) is 22.5 Å². The third-order valence-corrected chi connectivity index (χ3v) is 4.69. The van der Waals surface area contributed by atoms with Crippen molar-refractivity contribution in [1.29, 1.82) is 0 Å². The lowest BCUT2D eigenvalue weighted by molar-refractivity contribution is -0.132. The van der Waals surface area contributed by atoms with Crippen molar-refractivity contribution in [3.8, 4) is 0 Å². The number of benzene rings is 1. The monoisotopic (exact) mass is 369 g/mol. The molecule has 3 rings (SSSR count). The average Bonchev–Trinajstić information content (AvgIpc) is 2.80. The summed E-state index contributed by atoms with van der Waals surface area (Å²) in [6.07, 6.45) is 1.41. The predicted octanol–water partition coefficient (Wildman–Crippen LogP) is 3.89. The number of rotatable bonds is 2. The molecule has 21 heavy (non-hydrogen) atoms. The van der Waals surface area contributed by atoms with Crippen molar-refractivity contribution in [1.82, 2.24) is 14.5 Å². The van der Waals surface area contributed by atoms with E-state index in [9.17, 15) is 4.79 Å². The first kappa shape index (κ1) is 14.9. The molecule has 112 valence electrons. The SMILES string of the molecule is CC(Cl)c1nc2cc(Br)ccc2n1C1CCC(=O)N(C)C1. The van der Waals surface area contributed by atoms with Gasteiger partial charge < -0.3 is 9.47 Å². The number of alkyl halides is 1. The second-order valence-corrected chi connectivity index (χ2v) is 7.13. The Morgan fingerprint density at radius 2 is 2.24 bits per heavy atom. The number of halogens is 2. The Morgan fingerprint density at radius 3 is 2.90 bits per heavy atom. The minimum atomic E-state index is -0.167. The highest BCUT2D eigenvalue weighted by Crippen LogP contribution is 2.33. The van der Waals surface area contributed by atoms with Crippen molar-refractivity contribution in [2.75, 3.05) is 13.6 Å². The van der Waals surface area contributed by atoms with Gasteiger partial charge in [0.2, 0.25) is 5.91 Å². The molecule has 0 saturated carbocycles. The normalized spacial score (nSPS) is 21.0. The summed E-state index contributed by atoms with van der Waals surface area (Å²) in [4.78, 5) is 18.2. The van der Waals surface area contributed by atoms with Crippen LogP contribution in [0.5, 0.6) is 0 Å². The minimum Gasteiger partial charge on any atom is -0.344 e. The molecule has 2 aromatic rings. The number of hydrogen-bond acceptors (Lipinski definition) is 2. The van der Waals surface area contributed by atoms with E-state index in [0.29, 0.717) is 13.0 Å². The lowest BCUT2D eigenvalue weighted by atomic mass is 10.0. The van der Waals surface area contributed by atoms with Crippen molar-refractivity contribution >= 4 is 44.5 Å². The van der Waals surface area contributed by atoms with Crippen LogP contribution in [-0.2, 0) is 4.79 Å². The average molecular weight is 371 g/mol. The number of fused-ring (bicyclic) bond motifs is 1. The third kappa shape index (κ3) is 2.69. The number of carbonyl (C=O) groups is 1. The lowest BCUT2D eigenvalue weighted by Crippen LogP contribution is -2.38. The smallest absolute Gasteiger partial charge is 0.222 e. The number of imidazole rings is 1. The topological polar surface area (TPSA) is 38.1 Å². The first-order chi connectivity index (χ1) is 9.97. The van der Waals surface area contributed by atoms with Crippen molar-refractivity contribution in [2.45, 2.75) is 31.2 Å². The second-order valence-electron chi connectivity index (χ2n) is 5.56. The maximum Gasteiger partial charge on any atom is 0.222 e. The van der Waals surface area contributed by atoms with Crippen LogP contribution < -0.4 is 0 Å².